The molecule has 0 unspecified atom stereocenters. The van der Waals surface area contributed by atoms with Gasteiger partial charge >= 0.3 is 6.01 Å². The normalized spacial score (nSPS) is 13.3. The Kier molecular flexibility index (Phi) is 3.80. The summed E-state index contributed by atoms with van der Waals surface area (Å²) < 4.78 is 5.04. The van der Waals surface area contributed by atoms with E-state index in [0.717, 1.165) is 11.8 Å². The molecule has 3 rings (SSSR count). The van der Waals surface area contributed by atoms with Gasteiger partial charge in [-0.2, -0.15) is 9.97 Å². The molecule has 8 nitrogen and oxygen atoms in total. The highest BCUT2D eigenvalue weighted by atomic mass is 16.5. The van der Waals surface area contributed by atoms with Crippen LogP contribution < -0.4 is 20.7 Å². The Balaban J connectivity index is 1.99. The van der Waals surface area contributed by atoms with Gasteiger partial charge in [-0.1, -0.05) is 18.2 Å². The average molecular weight is 313 g/mol. The SMILES string of the molecule is COc1nc(N)c2c(n1)N(Cc1cccc(C=O)c1)CC(=O)N2. The lowest BCUT2D eigenvalue weighted by molar-refractivity contribution is -0.115. The first-order valence-corrected chi connectivity index (χ1v) is 6.91. The van der Waals surface area contributed by atoms with E-state index in [4.69, 9.17) is 10.5 Å². The number of nitrogens with two attached hydrogens (primary N) is 1. The molecule has 0 fully saturated rings. The van der Waals surface area contributed by atoms with Gasteiger partial charge in [0, 0.05) is 12.1 Å². The summed E-state index contributed by atoms with van der Waals surface area (Å²) in [4.78, 5) is 32.8. The summed E-state index contributed by atoms with van der Waals surface area (Å²) in [6.45, 7) is 0.527. The highest BCUT2D eigenvalue weighted by Gasteiger charge is 2.27. The summed E-state index contributed by atoms with van der Waals surface area (Å²) in [5.74, 6) is 0.432. The number of hydrogen-bond acceptors (Lipinski definition) is 7. The van der Waals surface area contributed by atoms with Crippen LogP contribution in [-0.2, 0) is 11.3 Å². The van der Waals surface area contributed by atoms with Crippen molar-refractivity contribution in [2.75, 3.05) is 29.6 Å². The molecule has 2 heterocycles. The number of fused-ring (bicyclic) bond motifs is 1. The molecule has 0 bridgehead atoms. The molecule has 0 spiro atoms. The van der Waals surface area contributed by atoms with Gasteiger partial charge in [0.2, 0.25) is 5.91 Å². The number of nitrogens with zero attached hydrogens (tertiary/aromatic N) is 3. The van der Waals surface area contributed by atoms with Crippen molar-refractivity contribution in [2.45, 2.75) is 6.54 Å². The van der Waals surface area contributed by atoms with Gasteiger partial charge in [0.15, 0.2) is 11.6 Å². The van der Waals surface area contributed by atoms with E-state index < -0.39 is 0 Å². The van der Waals surface area contributed by atoms with Crippen molar-refractivity contribution in [1.82, 2.24) is 9.97 Å². The Hall–Kier alpha value is -3.16. The Labute approximate surface area is 132 Å². The zero-order valence-electron chi connectivity index (χ0n) is 12.4. The van der Waals surface area contributed by atoms with Crippen LogP contribution in [0.3, 0.4) is 0 Å². The van der Waals surface area contributed by atoms with Crippen LogP contribution >= 0.6 is 0 Å². The molecule has 1 aliphatic rings. The zero-order valence-corrected chi connectivity index (χ0v) is 12.4. The number of aldehydes is 1. The van der Waals surface area contributed by atoms with E-state index in [1.807, 2.05) is 6.07 Å². The van der Waals surface area contributed by atoms with Crippen molar-refractivity contribution < 1.29 is 14.3 Å². The van der Waals surface area contributed by atoms with Gasteiger partial charge in [-0.25, -0.2) is 0 Å². The van der Waals surface area contributed by atoms with Crippen molar-refractivity contribution in [3.05, 3.63) is 35.4 Å². The van der Waals surface area contributed by atoms with E-state index in [1.54, 1.807) is 23.1 Å². The predicted molar refractivity (Wildman–Crippen MR) is 84.5 cm³/mol. The molecule has 0 radical (unpaired) electrons. The number of rotatable bonds is 4. The van der Waals surface area contributed by atoms with Crippen LogP contribution in [0.15, 0.2) is 24.3 Å². The molecule has 1 aliphatic heterocycles. The third-order valence-corrected chi connectivity index (χ3v) is 3.44. The minimum Gasteiger partial charge on any atom is -0.467 e. The molecule has 0 saturated carbocycles. The summed E-state index contributed by atoms with van der Waals surface area (Å²) in [5.41, 5.74) is 7.69. The molecule has 23 heavy (non-hydrogen) atoms. The fourth-order valence-corrected chi connectivity index (χ4v) is 2.43. The van der Waals surface area contributed by atoms with Crippen LogP contribution in [0.1, 0.15) is 15.9 Å². The molecule has 1 amide bonds. The molecule has 8 heteroatoms. The van der Waals surface area contributed by atoms with E-state index in [9.17, 15) is 9.59 Å². The van der Waals surface area contributed by atoms with Gasteiger partial charge in [-0.15, -0.1) is 0 Å². The molecular weight excluding hydrogens is 298 g/mol. The van der Waals surface area contributed by atoms with Crippen molar-refractivity contribution >= 4 is 29.5 Å². The molecule has 118 valence electrons. The number of ether oxygens (including phenoxy) is 1. The molecule has 1 aromatic heterocycles. The molecule has 0 aliphatic carbocycles. The lowest BCUT2D eigenvalue weighted by Gasteiger charge is -2.30. The topological polar surface area (TPSA) is 110 Å². The molecule has 1 aromatic carbocycles. The highest BCUT2D eigenvalue weighted by Crippen LogP contribution is 2.34. The van der Waals surface area contributed by atoms with Gasteiger partial charge in [0.1, 0.15) is 12.0 Å². The van der Waals surface area contributed by atoms with Crippen LogP contribution in [0.2, 0.25) is 0 Å². The fraction of sp³-hybridized carbons (Fsp3) is 0.200. The maximum Gasteiger partial charge on any atom is 0.320 e. The number of nitrogen functional groups attached to an aromatic ring is 1. The second-order valence-corrected chi connectivity index (χ2v) is 5.06. The van der Waals surface area contributed by atoms with Crippen LogP contribution in [0.25, 0.3) is 0 Å². The Morgan fingerprint density at radius 1 is 1.43 bits per heavy atom. The van der Waals surface area contributed by atoms with Gasteiger partial charge in [0.05, 0.1) is 13.7 Å². The summed E-state index contributed by atoms with van der Waals surface area (Å²) in [7, 11) is 1.44. The van der Waals surface area contributed by atoms with Crippen LogP contribution in [0.4, 0.5) is 17.3 Å². The predicted octanol–water partition coefficient (Wildman–Crippen LogP) is 0.839. The van der Waals surface area contributed by atoms with E-state index in [0.29, 0.717) is 23.6 Å². The van der Waals surface area contributed by atoms with Gasteiger partial charge in [0.25, 0.3) is 0 Å². The number of methoxy groups -OCH3 is 1. The Morgan fingerprint density at radius 3 is 3.00 bits per heavy atom. The zero-order chi connectivity index (χ0) is 16.4. The number of carbonyl (C=O) groups is 2. The quantitative estimate of drug-likeness (QED) is 0.805. The molecule has 2 aromatic rings. The second-order valence-electron chi connectivity index (χ2n) is 5.06. The van der Waals surface area contributed by atoms with Crippen LogP contribution in [0.5, 0.6) is 6.01 Å². The largest absolute Gasteiger partial charge is 0.467 e. The van der Waals surface area contributed by atoms with Gasteiger partial charge in [-0.3, -0.25) is 9.59 Å². The smallest absolute Gasteiger partial charge is 0.320 e. The van der Waals surface area contributed by atoms with Crippen molar-refractivity contribution in [1.29, 1.82) is 0 Å². The summed E-state index contributed by atoms with van der Waals surface area (Å²) in [6.07, 6.45) is 0.781. The summed E-state index contributed by atoms with van der Waals surface area (Å²) >= 11 is 0. The van der Waals surface area contributed by atoms with Gasteiger partial charge in [-0.05, 0) is 11.6 Å². The van der Waals surface area contributed by atoms with Crippen LogP contribution in [0, 0.1) is 0 Å². The number of carbonyl (C=O) groups excluding carboxylic acids is 2. The maximum atomic E-state index is 11.9. The monoisotopic (exact) mass is 313 g/mol. The number of aromatic nitrogens is 2. The first-order valence-electron chi connectivity index (χ1n) is 6.91. The first-order chi connectivity index (χ1) is 11.1. The Bertz CT molecular complexity index is 778. The van der Waals surface area contributed by atoms with E-state index in [1.165, 1.54) is 7.11 Å². The van der Waals surface area contributed by atoms with Crippen molar-refractivity contribution in [3.63, 3.8) is 0 Å². The Morgan fingerprint density at radius 2 is 2.26 bits per heavy atom. The molecule has 3 N–H and O–H groups in total. The molecular formula is C15H15N5O3. The van der Waals surface area contributed by atoms with E-state index >= 15 is 0 Å². The number of amides is 1. The average Bonchev–Trinajstić information content (AvgIpc) is 2.55. The van der Waals surface area contributed by atoms with E-state index in [-0.39, 0.29) is 24.3 Å². The maximum absolute atomic E-state index is 11.9. The third-order valence-electron chi connectivity index (χ3n) is 3.44. The lowest BCUT2D eigenvalue weighted by atomic mass is 10.1. The van der Waals surface area contributed by atoms with Crippen molar-refractivity contribution in [3.8, 4) is 6.01 Å². The first kappa shape index (κ1) is 14.8. The minimum atomic E-state index is -0.204. The number of hydrogen-bond donors (Lipinski definition) is 2. The standard InChI is InChI=1S/C15H15N5O3/c1-23-15-18-13(16)12-14(19-15)20(7-11(22)17-12)6-9-3-2-4-10(5-9)8-21/h2-5,8H,6-7H2,1H3,(H,17,22)(H2,16,18,19). The number of benzene rings is 1. The minimum absolute atomic E-state index is 0.123. The summed E-state index contributed by atoms with van der Waals surface area (Å²) in [6, 6.07) is 7.28. The second kappa shape index (κ2) is 5.91. The fourth-order valence-electron chi connectivity index (χ4n) is 2.43. The number of anilines is 3. The summed E-state index contributed by atoms with van der Waals surface area (Å²) in [5, 5.41) is 2.68. The number of nitrogens with one attached hydrogen (secondary N) is 1. The highest BCUT2D eigenvalue weighted by molar-refractivity contribution is 6.03. The molecule has 0 saturated heterocycles. The van der Waals surface area contributed by atoms with E-state index in [2.05, 4.69) is 15.3 Å². The van der Waals surface area contributed by atoms with Gasteiger partial charge < -0.3 is 20.7 Å². The third kappa shape index (κ3) is 2.91. The molecule has 0 atom stereocenters. The van der Waals surface area contributed by atoms with Crippen LogP contribution in [-0.4, -0.2) is 35.8 Å². The lowest BCUT2D eigenvalue weighted by Crippen LogP contribution is -2.39. The van der Waals surface area contributed by atoms with Crippen molar-refractivity contribution in [2.24, 2.45) is 0 Å².